The van der Waals surface area contributed by atoms with Gasteiger partial charge in [0.1, 0.15) is 0 Å². The standard InChI is InChI=1S/C15H22BrNOS/c1-2-7-17-11-12-3-4-15(14(16)10-12)19-13-5-8-18-9-6-13/h3-4,10,13,17H,2,5-9,11H2,1H3. The minimum atomic E-state index is 0.703. The zero-order valence-corrected chi connectivity index (χ0v) is 13.9. The molecule has 106 valence electrons. The summed E-state index contributed by atoms with van der Waals surface area (Å²) in [6, 6.07) is 6.71. The van der Waals surface area contributed by atoms with Gasteiger partial charge in [0, 0.05) is 34.4 Å². The highest BCUT2D eigenvalue weighted by atomic mass is 79.9. The Morgan fingerprint density at radius 3 is 2.84 bits per heavy atom. The van der Waals surface area contributed by atoms with Crippen LogP contribution in [0.1, 0.15) is 31.7 Å². The third-order valence-corrected chi connectivity index (χ3v) is 5.55. The lowest BCUT2D eigenvalue weighted by atomic mass is 10.2. The fraction of sp³-hybridized carbons (Fsp3) is 0.600. The number of hydrogen-bond acceptors (Lipinski definition) is 3. The van der Waals surface area contributed by atoms with Crippen molar-refractivity contribution in [1.29, 1.82) is 0 Å². The van der Waals surface area contributed by atoms with Gasteiger partial charge in [-0.1, -0.05) is 13.0 Å². The van der Waals surface area contributed by atoms with E-state index in [-0.39, 0.29) is 0 Å². The monoisotopic (exact) mass is 343 g/mol. The van der Waals surface area contributed by atoms with Crippen LogP contribution in [0.5, 0.6) is 0 Å². The van der Waals surface area contributed by atoms with E-state index in [1.54, 1.807) is 0 Å². The number of benzene rings is 1. The Morgan fingerprint density at radius 1 is 1.37 bits per heavy atom. The van der Waals surface area contributed by atoms with Crippen LogP contribution in [0.2, 0.25) is 0 Å². The summed E-state index contributed by atoms with van der Waals surface area (Å²) in [4.78, 5) is 1.35. The molecule has 0 unspecified atom stereocenters. The minimum absolute atomic E-state index is 0.703. The van der Waals surface area contributed by atoms with Gasteiger partial charge in [-0.3, -0.25) is 0 Å². The number of rotatable bonds is 6. The van der Waals surface area contributed by atoms with Gasteiger partial charge in [0.2, 0.25) is 0 Å². The Balaban J connectivity index is 1.90. The smallest absolute Gasteiger partial charge is 0.0476 e. The largest absolute Gasteiger partial charge is 0.381 e. The van der Waals surface area contributed by atoms with Crippen LogP contribution in [0.15, 0.2) is 27.6 Å². The summed E-state index contributed by atoms with van der Waals surface area (Å²) >= 11 is 5.68. The van der Waals surface area contributed by atoms with Crippen LogP contribution in [-0.4, -0.2) is 25.0 Å². The normalized spacial score (nSPS) is 16.7. The zero-order valence-electron chi connectivity index (χ0n) is 11.5. The molecule has 19 heavy (non-hydrogen) atoms. The molecule has 2 rings (SSSR count). The second-order valence-corrected chi connectivity index (χ2v) is 7.07. The first-order valence-electron chi connectivity index (χ1n) is 7.03. The first-order valence-corrected chi connectivity index (χ1v) is 8.70. The summed E-state index contributed by atoms with van der Waals surface area (Å²) in [6.07, 6.45) is 3.51. The van der Waals surface area contributed by atoms with Crippen LogP contribution >= 0.6 is 27.7 Å². The van der Waals surface area contributed by atoms with E-state index < -0.39 is 0 Å². The molecule has 1 aliphatic rings. The van der Waals surface area contributed by atoms with E-state index in [4.69, 9.17) is 4.74 Å². The van der Waals surface area contributed by atoms with Crippen LogP contribution in [0.4, 0.5) is 0 Å². The van der Waals surface area contributed by atoms with Gasteiger partial charge in [-0.25, -0.2) is 0 Å². The van der Waals surface area contributed by atoms with E-state index in [1.807, 2.05) is 11.8 Å². The number of halogens is 1. The second-order valence-electron chi connectivity index (χ2n) is 4.87. The molecule has 0 aliphatic carbocycles. The molecule has 1 aromatic carbocycles. The van der Waals surface area contributed by atoms with Crippen molar-refractivity contribution in [1.82, 2.24) is 5.32 Å². The first kappa shape index (κ1) is 15.4. The molecule has 1 N–H and O–H groups in total. The van der Waals surface area contributed by atoms with Crippen molar-refractivity contribution in [3.63, 3.8) is 0 Å². The number of thioether (sulfide) groups is 1. The van der Waals surface area contributed by atoms with Crippen molar-refractivity contribution in [2.45, 2.75) is 42.9 Å². The average molecular weight is 344 g/mol. The van der Waals surface area contributed by atoms with E-state index in [1.165, 1.54) is 21.4 Å². The SMILES string of the molecule is CCCNCc1ccc(SC2CCOCC2)c(Br)c1. The molecule has 1 aliphatic heterocycles. The number of ether oxygens (including phenoxy) is 1. The lowest BCUT2D eigenvalue weighted by molar-refractivity contribution is 0.100. The van der Waals surface area contributed by atoms with Crippen molar-refractivity contribution in [2.24, 2.45) is 0 Å². The Morgan fingerprint density at radius 2 is 2.16 bits per heavy atom. The maximum atomic E-state index is 5.41. The predicted molar refractivity (Wildman–Crippen MR) is 85.8 cm³/mol. The van der Waals surface area contributed by atoms with E-state index in [0.29, 0.717) is 5.25 Å². The molecule has 0 bridgehead atoms. The summed E-state index contributed by atoms with van der Waals surface area (Å²) in [7, 11) is 0. The molecule has 1 fully saturated rings. The molecule has 4 heteroatoms. The molecule has 1 saturated heterocycles. The third-order valence-electron chi connectivity index (χ3n) is 3.21. The zero-order chi connectivity index (χ0) is 13.5. The van der Waals surface area contributed by atoms with Crippen molar-refractivity contribution in [3.05, 3.63) is 28.2 Å². The van der Waals surface area contributed by atoms with Gasteiger partial charge < -0.3 is 10.1 Å². The third kappa shape index (κ3) is 5.10. The van der Waals surface area contributed by atoms with Crippen molar-refractivity contribution in [2.75, 3.05) is 19.8 Å². The van der Waals surface area contributed by atoms with Gasteiger partial charge in [0.05, 0.1) is 0 Å². The molecule has 0 spiro atoms. The minimum Gasteiger partial charge on any atom is -0.381 e. The summed E-state index contributed by atoms with van der Waals surface area (Å²) in [6.45, 7) is 6.05. The Labute approximate surface area is 128 Å². The van der Waals surface area contributed by atoms with Gasteiger partial charge >= 0.3 is 0 Å². The first-order chi connectivity index (χ1) is 9.29. The van der Waals surface area contributed by atoms with Crippen LogP contribution in [-0.2, 0) is 11.3 Å². The van der Waals surface area contributed by atoms with E-state index in [0.717, 1.165) is 39.1 Å². The van der Waals surface area contributed by atoms with E-state index in [2.05, 4.69) is 46.4 Å². The molecule has 0 aromatic heterocycles. The summed E-state index contributed by atoms with van der Waals surface area (Å²) in [5.74, 6) is 0. The topological polar surface area (TPSA) is 21.3 Å². The maximum absolute atomic E-state index is 5.41. The lowest BCUT2D eigenvalue weighted by Crippen LogP contribution is -2.17. The molecular formula is C15H22BrNOS. The van der Waals surface area contributed by atoms with Gasteiger partial charge in [-0.15, -0.1) is 11.8 Å². The Hall–Kier alpha value is -0.0300. The highest BCUT2D eigenvalue weighted by Crippen LogP contribution is 2.35. The molecule has 0 saturated carbocycles. The molecule has 2 nitrogen and oxygen atoms in total. The summed E-state index contributed by atoms with van der Waals surface area (Å²) in [5.41, 5.74) is 1.34. The highest BCUT2D eigenvalue weighted by Gasteiger charge is 2.16. The van der Waals surface area contributed by atoms with Gasteiger partial charge in [-0.05, 0) is 59.4 Å². The Bertz CT molecular complexity index is 394. The van der Waals surface area contributed by atoms with Crippen LogP contribution in [0, 0.1) is 0 Å². The van der Waals surface area contributed by atoms with E-state index in [9.17, 15) is 0 Å². The summed E-state index contributed by atoms with van der Waals surface area (Å²) < 4.78 is 6.63. The molecule has 1 aromatic rings. The second kappa shape index (κ2) is 8.30. The highest BCUT2D eigenvalue weighted by molar-refractivity contribution is 9.10. The average Bonchev–Trinajstić information content (AvgIpc) is 2.43. The van der Waals surface area contributed by atoms with Crippen molar-refractivity contribution >= 4 is 27.7 Å². The van der Waals surface area contributed by atoms with Gasteiger partial charge in [-0.2, -0.15) is 0 Å². The van der Waals surface area contributed by atoms with Crippen LogP contribution < -0.4 is 5.32 Å². The summed E-state index contributed by atoms with van der Waals surface area (Å²) in [5, 5.41) is 4.14. The van der Waals surface area contributed by atoms with Crippen molar-refractivity contribution in [3.8, 4) is 0 Å². The van der Waals surface area contributed by atoms with E-state index >= 15 is 0 Å². The fourth-order valence-corrected chi connectivity index (χ4v) is 3.94. The molecule has 0 amide bonds. The number of hydrogen-bond donors (Lipinski definition) is 1. The fourth-order valence-electron chi connectivity index (χ4n) is 2.13. The quantitative estimate of drug-likeness (QED) is 0.781. The molecular weight excluding hydrogens is 322 g/mol. The van der Waals surface area contributed by atoms with Crippen LogP contribution in [0.25, 0.3) is 0 Å². The number of nitrogens with one attached hydrogen (secondary N) is 1. The molecule has 0 atom stereocenters. The van der Waals surface area contributed by atoms with Crippen molar-refractivity contribution < 1.29 is 4.74 Å². The molecule has 1 heterocycles. The predicted octanol–water partition coefficient (Wildman–Crippen LogP) is 4.22. The molecule has 0 radical (unpaired) electrons. The van der Waals surface area contributed by atoms with Crippen LogP contribution in [0.3, 0.4) is 0 Å². The Kier molecular flexibility index (Phi) is 6.71. The maximum Gasteiger partial charge on any atom is 0.0476 e. The lowest BCUT2D eigenvalue weighted by Gasteiger charge is -2.22. The van der Waals surface area contributed by atoms with Gasteiger partial charge in [0.15, 0.2) is 0 Å². The van der Waals surface area contributed by atoms with Gasteiger partial charge in [0.25, 0.3) is 0 Å².